The van der Waals surface area contributed by atoms with E-state index in [0.29, 0.717) is 0 Å². The molecule has 0 N–H and O–H groups in total. The molecule has 0 aliphatic rings. The second-order valence-electron chi connectivity index (χ2n) is 3.57. The number of hydrogen-bond donors (Lipinski definition) is 0. The molecule has 0 fully saturated rings. The van der Waals surface area contributed by atoms with Crippen LogP contribution in [0.25, 0.3) is 12.2 Å². The van der Waals surface area contributed by atoms with Crippen molar-refractivity contribution in [1.82, 2.24) is 0 Å². The Morgan fingerprint density at radius 1 is 0.600 bits per heavy atom. The van der Waals surface area contributed by atoms with E-state index < -0.39 is 0 Å². The monoisotopic (exact) mass is 276 g/mol. The normalized spacial score (nSPS) is 9.10. The van der Waals surface area contributed by atoms with Gasteiger partial charge in [0, 0.05) is 0 Å². The summed E-state index contributed by atoms with van der Waals surface area (Å²) in [6, 6.07) is 4.48. The smallest absolute Gasteiger partial charge is 0.0228 e. The molecule has 0 radical (unpaired) electrons. The third kappa shape index (κ3) is 9.61. The lowest BCUT2D eigenvalue weighted by atomic mass is 9.99. The molecule has 0 aliphatic heterocycles. The molecule has 0 amide bonds. The van der Waals surface area contributed by atoms with Crippen LogP contribution >= 0.6 is 0 Å². The quantitative estimate of drug-likeness (QED) is 0.526. The summed E-state index contributed by atoms with van der Waals surface area (Å²) in [5, 5.41) is 0. The fraction of sp³-hybridized carbons (Fsp3) is 0.500. The molecular formula is C20H36. The number of rotatable bonds is 2. The summed E-state index contributed by atoms with van der Waals surface area (Å²) in [5.41, 5.74) is 5.31. The maximum atomic E-state index is 2.24. The van der Waals surface area contributed by atoms with Crippen molar-refractivity contribution in [3.8, 4) is 0 Å². The molecule has 0 saturated carbocycles. The molecule has 1 aromatic rings. The minimum atomic E-state index is 1.32. The third-order valence-electron chi connectivity index (χ3n) is 2.35. The number of benzene rings is 1. The summed E-state index contributed by atoms with van der Waals surface area (Å²) in [6.45, 7) is 20.4. The first-order valence-electron chi connectivity index (χ1n) is 8.05. The molecule has 116 valence electrons. The van der Waals surface area contributed by atoms with Gasteiger partial charge < -0.3 is 0 Å². The molecule has 20 heavy (non-hydrogen) atoms. The van der Waals surface area contributed by atoms with Gasteiger partial charge in [-0.2, -0.15) is 0 Å². The molecule has 0 saturated heterocycles. The Kier molecular flexibility index (Phi) is 21.0. The molecule has 0 spiro atoms. The van der Waals surface area contributed by atoms with Gasteiger partial charge in [0.25, 0.3) is 0 Å². The Morgan fingerprint density at radius 2 is 0.850 bits per heavy atom. The van der Waals surface area contributed by atoms with Crippen molar-refractivity contribution in [2.45, 2.75) is 69.2 Å². The SMILES string of the molecule is C/C=C\c1cc(C)c(/C=C\C)cc1C.CC.CC.CC. The van der Waals surface area contributed by atoms with E-state index in [1.807, 2.05) is 41.5 Å². The minimum absolute atomic E-state index is 1.32. The van der Waals surface area contributed by atoms with Crippen molar-refractivity contribution >= 4 is 12.2 Å². The summed E-state index contributed by atoms with van der Waals surface area (Å²) < 4.78 is 0. The standard InChI is InChI=1S/C14H18.3C2H6/c1-5-7-13-9-12(4)14(8-6-2)10-11(13)3;3*1-2/h5-10H,1-4H3;3*1-2H3/b7-5-,8-6-;;;. The highest BCUT2D eigenvalue weighted by atomic mass is 14.0. The van der Waals surface area contributed by atoms with Gasteiger partial charge in [0.1, 0.15) is 0 Å². The van der Waals surface area contributed by atoms with Gasteiger partial charge in [0.05, 0.1) is 0 Å². The average Bonchev–Trinajstić information content (AvgIpc) is 2.51. The maximum absolute atomic E-state index is 2.24. The largest absolute Gasteiger partial charge is 0.0871 e. The second kappa shape index (κ2) is 17.7. The van der Waals surface area contributed by atoms with Crippen LogP contribution in [0.15, 0.2) is 24.3 Å². The molecule has 0 unspecified atom stereocenters. The van der Waals surface area contributed by atoms with Gasteiger partial charge in [-0.1, -0.05) is 78.0 Å². The van der Waals surface area contributed by atoms with Gasteiger partial charge in [0.2, 0.25) is 0 Å². The Bertz CT molecular complexity index is 330. The zero-order valence-corrected chi connectivity index (χ0v) is 15.5. The molecule has 0 heteroatoms. The molecule has 0 aromatic heterocycles. The molecule has 1 aromatic carbocycles. The van der Waals surface area contributed by atoms with Crippen LogP contribution in [-0.2, 0) is 0 Å². The molecule has 0 aliphatic carbocycles. The molecule has 0 heterocycles. The molecule has 0 nitrogen and oxygen atoms in total. The van der Waals surface area contributed by atoms with E-state index >= 15 is 0 Å². The van der Waals surface area contributed by atoms with E-state index in [0.717, 1.165) is 0 Å². The average molecular weight is 277 g/mol. The summed E-state index contributed by atoms with van der Waals surface area (Å²) in [7, 11) is 0. The first kappa shape index (κ1) is 23.8. The van der Waals surface area contributed by atoms with Gasteiger partial charge >= 0.3 is 0 Å². The third-order valence-corrected chi connectivity index (χ3v) is 2.35. The van der Waals surface area contributed by atoms with Crippen molar-refractivity contribution in [2.24, 2.45) is 0 Å². The summed E-state index contributed by atoms with van der Waals surface area (Å²) in [6.07, 6.45) is 8.47. The lowest BCUT2D eigenvalue weighted by Crippen LogP contribution is -1.87. The Hall–Kier alpha value is -1.30. The molecular weight excluding hydrogens is 240 g/mol. The van der Waals surface area contributed by atoms with E-state index in [1.54, 1.807) is 0 Å². The first-order valence-corrected chi connectivity index (χ1v) is 8.05. The van der Waals surface area contributed by atoms with E-state index in [4.69, 9.17) is 0 Å². The molecule has 0 atom stereocenters. The topological polar surface area (TPSA) is 0 Å². The second-order valence-corrected chi connectivity index (χ2v) is 3.57. The van der Waals surface area contributed by atoms with Crippen LogP contribution in [0.2, 0.25) is 0 Å². The fourth-order valence-corrected chi connectivity index (χ4v) is 1.58. The van der Waals surface area contributed by atoms with E-state index in [9.17, 15) is 0 Å². The Morgan fingerprint density at radius 3 is 1.05 bits per heavy atom. The van der Waals surface area contributed by atoms with E-state index in [1.165, 1.54) is 22.3 Å². The van der Waals surface area contributed by atoms with Crippen LogP contribution in [0.1, 0.15) is 77.6 Å². The zero-order chi connectivity index (χ0) is 16.6. The van der Waals surface area contributed by atoms with Crippen LogP contribution < -0.4 is 0 Å². The molecule has 0 bridgehead atoms. The Labute approximate surface area is 128 Å². The van der Waals surface area contributed by atoms with Gasteiger partial charge in [-0.05, 0) is 49.9 Å². The summed E-state index contributed by atoms with van der Waals surface area (Å²) >= 11 is 0. The highest BCUT2D eigenvalue weighted by Gasteiger charge is 1.99. The van der Waals surface area contributed by atoms with Crippen LogP contribution in [-0.4, -0.2) is 0 Å². The fourth-order valence-electron chi connectivity index (χ4n) is 1.58. The number of hydrogen-bond acceptors (Lipinski definition) is 0. The van der Waals surface area contributed by atoms with Gasteiger partial charge in [-0.15, -0.1) is 0 Å². The highest BCUT2D eigenvalue weighted by Crippen LogP contribution is 2.18. The Balaban J connectivity index is -0.000000425. The lowest BCUT2D eigenvalue weighted by Gasteiger charge is -2.06. The van der Waals surface area contributed by atoms with E-state index in [2.05, 4.69) is 64.1 Å². The van der Waals surface area contributed by atoms with Crippen molar-refractivity contribution < 1.29 is 0 Å². The van der Waals surface area contributed by atoms with Crippen LogP contribution in [0, 0.1) is 13.8 Å². The van der Waals surface area contributed by atoms with Crippen molar-refractivity contribution in [3.05, 3.63) is 46.5 Å². The minimum Gasteiger partial charge on any atom is -0.0871 e. The van der Waals surface area contributed by atoms with Crippen LogP contribution in [0.5, 0.6) is 0 Å². The van der Waals surface area contributed by atoms with Crippen molar-refractivity contribution in [1.29, 1.82) is 0 Å². The van der Waals surface area contributed by atoms with Crippen LogP contribution in [0.3, 0.4) is 0 Å². The van der Waals surface area contributed by atoms with E-state index in [-0.39, 0.29) is 0 Å². The number of aryl methyl sites for hydroxylation is 2. The van der Waals surface area contributed by atoms with Gasteiger partial charge in [-0.25, -0.2) is 0 Å². The summed E-state index contributed by atoms with van der Waals surface area (Å²) in [5.74, 6) is 0. The maximum Gasteiger partial charge on any atom is -0.0228 e. The number of allylic oxidation sites excluding steroid dienone is 2. The lowest BCUT2D eigenvalue weighted by molar-refractivity contribution is 1.35. The van der Waals surface area contributed by atoms with Crippen molar-refractivity contribution in [3.63, 3.8) is 0 Å². The predicted molar refractivity (Wildman–Crippen MR) is 99.4 cm³/mol. The van der Waals surface area contributed by atoms with Gasteiger partial charge in [0.15, 0.2) is 0 Å². The summed E-state index contributed by atoms with van der Waals surface area (Å²) in [4.78, 5) is 0. The van der Waals surface area contributed by atoms with Crippen molar-refractivity contribution in [2.75, 3.05) is 0 Å². The van der Waals surface area contributed by atoms with Gasteiger partial charge in [-0.3, -0.25) is 0 Å². The highest BCUT2D eigenvalue weighted by molar-refractivity contribution is 5.62. The molecule has 1 rings (SSSR count). The predicted octanol–water partition coefficient (Wildman–Crippen LogP) is 7.45. The first-order chi connectivity index (χ1) is 9.69. The van der Waals surface area contributed by atoms with Crippen LogP contribution in [0.4, 0.5) is 0 Å². The zero-order valence-electron chi connectivity index (χ0n) is 15.5.